The average molecular weight is 696 g/mol. The lowest BCUT2D eigenvalue weighted by molar-refractivity contribution is -0.757. The van der Waals surface area contributed by atoms with Gasteiger partial charge in [-0.1, -0.05) is 38.5 Å². The molecule has 3 saturated carbocycles. The number of benzene rings is 1. The molecule has 4 aliphatic carbocycles. The van der Waals surface area contributed by atoms with Crippen LogP contribution in [0.4, 0.5) is 4.79 Å². The summed E-state index contributed by atoms with van der Waals surface area (Å²) in [5.74, 6) is -0.585. The number of carbonyl (C=O) groups is 4. The lowest BCUT2D eigenvalue weighted by atomic mass is 9.46. The summed E-state index contributed by atoms with van der Waals surface area (Å²) < 4.78 is 21.1. The fraction of sp³-hybridized carbons (Fsp3) is 0.568. The average Bonchev–Trinajstić information content (AvgIpc) is 3.33. The van der Waals surface area contributed by atoms with Crippen LogP contribution in [0.2, 0.25) is 0 Å². The van der Waals surface area contributed by atoms with Crippen molar-refractivity contribution in [2.75, 3.05) is 26.9 Å². The molecule has 50 heavy (non-hydrogen) atoms. The molecule has 3 fully saturated rings. The molecule has 1 aromatic rings. The van der Waals surface area contributed by atoms with Gasteiger partial charge in [0, 0.05) is 23.3 Å². The minimum absolute atomic E-state index is 0.0111. The van der Waals surface area contributed by atoms with Crippen molar-refractivity contribution in [1.82, 2.24) is 0 Å². The van der Waals surface area contributed by atoms with Gasteiger partial charge in [0.1, 0.15) is 0 Å². The van der Waals surface area contributed by atoms with Crippen LogP contribution in [0, 0.1) is 50.5 Å². The number of aliphatic hydroxyl groups is 1. The summed E-state index contributed by atoms with van der Waals surface area (Å²) in [7, 11) is 1.39. The van der Waals surface area contributed by atoms with Gasteiger partial charge in [0.15, 0.2) is 29.7 Å². The van der Waals surface area contributed by atoms with Crippen LogP contribution in [0.5, 0.6) is 11.5 Å². The van der Waals surface area contributed by atoms with E-state index in [2.05, 4.69) is 25.6 Å². The number of allylic oxidation sites excluding steroid dienone is 4. The smallest absolute Gasteiger partial charge is 0.493 e. The number of ether oxygens (including phenoxy) is 4. The fourth-order valence-corrected chi connectivity index (χ4v) is 9.32. The summed E-state index contributed by atoms with van der Waals surface area (Å²) in [6.07, 6.45) is 9.98. The van der Waals surface area contributed by atoms with E-state index in [0.717, 1.165) is 24.8 Å². The highest BCUT2D eigenvalue weighted by Crippen LogP contribution is 2.67. The first-order valence-electron chi connectivity index (χ1n) is 17.1. The Labute approximate surface area is 290 Å². The number of methoxy groups -OCH3 is 1. The zero-order valence-electron chi connectivity index (χ0n) is 28.8. The summed E-state index contributed by atoms with van der Waals surface area (Å²) in [6.45, 7) is 5.80. The Balaban J connectivity index is 1.15. The maximum Gasteiger partial charge on any atom is 0.514 e. The van der Waals surface area contributed by atoms with Crippen molar-refractivity contribution in [2.45, 2.75) is 65.4 Å². The zero-order valence-corrected chi connectivity index (χ0v) is 28.8. The van der Waals surface area contributed by atoms with Gasteiger partial charge < -0.3 is 28.9 Å². The molecule has 0 bridgehead atoms. The summed E-state index contributed by atoms with van der Waals surface area (Å²) >= 11 is 0. The van der Waals surface area contributed by atoms with Crippen LogP contribution in [0.1, 0.15) is 64.9 Å². The number of unbranched alkanes of at least 4 members (excludes halogenated alkanes) is 1. The minimum Gasteiger partial charge on any atom is -0.493 e. The Bertz CT molecular complexity index is 1600. The van der Waals surface area contributed by atoms with E-state index in [4.69, 9.17) is 18.9 Å². The maximum atomic E-state index is 13.7. The number of aliphatic hydroxyl groups excluding tert-OH is 1. The molecular formula is C37H45NO12. The highest BCUT2D eigenvalue weighted by atomic mass is 16.9. The normalized spacial score (nSPS) is 31.1. The second kappa shape index (κ2) is 15.2. The van der Waals surface area contributed by atoms with Gasteiger partial charge in [-0.05, 0) is 97.6 Å². The van der Waals surface area contributed by atoms with Gasteiger partial charge in [-0.2, -0.15) is 0 Å². The number of rotatable bonds is 13. The number of hydrogen-bond acceptors (Lipinski definition) is 12. The molecule has 0 amide bonds. The van der Waals surface area contributed by atoms with E-state index in [9.17, 15) is 34.4 Å². The van der Waals surface area contributed by atoms with Crippen LogP contribution in [0.3, 0.4) is 0 Å². The molecule has 0 aliphatic heterocycles. The number of ketones is 2. The monoisotopic (exact) mass is 695 g/mol. The van der Waals surface area contributed by atoms with Crippen LogP contribution >= 0.6 is 0 Å². The zero-order chi connectivity index (χ0) is 36.2. The first kappa shape index (κ1) is 36.8. The van der Waals surface area contributed by atoms with E-state index >= 15 is 0 Å². The molecule has 8 atom stereocenters. The van der Waals surface area contributed by atoms with Crippen LogP contribution < -0.4 is 9.47 Å². The number of Topliss-reactive ketones (excluding diaryl/α,β-unsaturated/α-hetero) is 1. The molecule has 0 aromatic heterocycles. The molecule has 0 radical (unpaired) electrons. The number of fused-ring (bicyclic) bond motifs is 5. The summed E-state index contributed by atoms with van der Waals surface area (Å²) in [5, 5.41) is 20.9. The van der Waals surface area contributed by atoms with Crippen molar-refractivity contribution in [1.29, 1.82) is 0 Å². The Kier molecular flexibility index (Phi) is 11.1. The predicted octanol–water partition coefficient (Wildman–Crippen LogP) is 5.47. The van der Waals surface area contributed by atoms with E-state index < -0.39 is 46.7 Å². The van der Waals surface area contributed by atoms with Crippen molar-refractivity contribution in [3.63, 3.8) is 0 Å². The predicted molar refractivity (Wildman–Crippen MR) is 178 cm³/mol. The number of esters is 1. The van der Waals surface area contributed by atoms with Gasteiger partial charge >= 0.3 is 12.1 Å². The Hall–Kier alpha value is -4.52. The molecule has 0 saturated heterocycles. The molecular weight excluding hydrogens is 650 g/mol. The molecule has 1 N–H and O–H groups in total. The van der Waals surface area contributed by atoms with Crippen LogP contribution in [0.25, 0.3) is 6.08 Å². The van der Waals surface area contributed by atoms with Gasteiger partial charge in [-0.15, -0.1) is 10.1 Å². The third-order valence-electron chi connectivity index (χ3n) is 11.3. The minimum atomic E-state index is -1.07. The fourth-order valence-electron chi connectivity index (χ4n) is 9.32. The molecule has 13 nitrogen and oxygen atoms in total. The summed E-state index contributed by atoms with van der Waals surface area (Å²) in [6, 6.07) is 4.60. The molecule has 0 heterocycles. The van der Waals surface area contributed by atoms with Crippen molar-refractivity contribution < 1.29 is 53.2 Å². The van der Waals surface area contributed by atoms with E-state index in [1.54, 1.807) is 24.3 Å². The molecule has 270 valence electrons. The highest BCUT2D eigenvalue weighted by molar-refractivity contribution is 6.01. The van der Waals surface area contributed by atoms with Gasteiger partial charge in [-0.25, -0.2) is 9.59 Å². The van der Waals surface area contributed by atoms with Crippen molar-refractivity contribution in [3.8, 4) is 11.5 Å². The third kappa shape index (κ3) is 7.62. The van der Waals surface area contributed by atoms with Crippen molar-refractivity contribution in [2.24, 2.45) is 40.4 Å². The first-order chi connectivity index (χ1) is 23.8. The summed E-state index contributed by atoms with van der Waals surface area (Å²) in [5.41, 5.74) is 0.772. The second-order valence-corrected chi connectivity index (χ2v) is 14.3. The van der Waals surface area contributed by atoms with Gasteiger partial charge in [0.05, 0.1) is 26.4 Å². The summed E-state index contributed by atoms with van der Waals surface area (Å²) in [4.78, 5) is 64.9. The topological polar surface area (TPSA) is 178 Å². The van der Waals surface area contributed by atoms with Crippen LogP contribution in [-0.4, -0.2) is 66.9 Å². The van der Waals surface area contributed by atoms with Gasteiger partial charge in [0.2, 0.25) is 0 Å². The maximum absolute atomic E-state index is 13.7. The Morgan fingerprint density at radius 3 is 2.62 bits per heavy atom. The Morgan fingerprint density at radius 1 is 1.12 bits per heavy atom. The lowest BCUT2D eigenvalue weighted by Crippen LogP contribution is -2.56. The molecule has 4 aliphatic rings. The van der Waals surface area contributed by atoms with E-state index in [1.165, 1.54) is 25.3 Å². The molecule has 1 aromatic carbocycles. The van der Waals surface area contributed by atoms with E-state index in [-0.39, 0.29) is 60.0 Å². The van der Waals surface area contributed by atoms with Gasteiger partial charge in [-0.3, -0.25) is 9.59 Å². The molecule has 8 unspecified atom stereocenters. The first-order valence-corrected chi connectivity index (χ1v) is 17.1. The van der Waals surface area contributed by atoms with Crippen LogP contribution in [-0.2, 0) is 28.7 Å². The third-order valence-corrected chi connectivity index (χ3v) is 11.3. The quantitative estimate of drug-likeness (QED) is 0.0689. The Morgan fingerprint density at radius 2 is 1.88 bits per heavy atom. The van der Waals surface area contributed by atoms with E-state index in [0.29, 0.717) is 24.8 Å². The van der Waals surface area contributed by atoms with E-state index in [1.807, 2.05) is 6.08 Å². The standard InChI is InChI=1S/C37H45NO12/c1-22-17-27-26-10-9-24-19-25(39)13-14-36(24,2)34(26)28(40)20-37(27,3)33(22)29(41)21-48-35(43)50-30-11-7-23(18-31(30)46-4)8-12-32(42)47-15-5-6-16-49-38(44)45/h7-8,11-14,18-19,22,26-28,33-34,40H,5-6,9-10,15-17,20-21H2,1-4H3/b12-8+. The number of carbonyl (C=O) groups excluding carboxylic acids is 4. The van der Waals surface area contributed by atoms with Crippen LogP contribution in [0.15, 0.2) is 48.1 Å². The van der Waals surface area contributed by atoms with Gasteiger partial charge in [0.25, 0.3) is 5.09 Å². The van der Waals surface area contributed by atoms with Crippen molar-refractivity contribution in [3.05, 3.63) is 63.8 Å². The molecule has 0 spiro atoms. The largest absolute Gasteiger partial charge is 0.514 e. The SMILES string of the molecule is COc1cc(/C=C/C(=O)OCCCCO[N+](=O)[O-])ccc1OC(=O)OCC(=O)C1C(C)CC2C3CCC4=CC(=O)C=CC4(C)C3C(O)CC21C. The molecule has 13 heteroatoms. The highest BCUT2D eigenvalue weighted by Gasteiger charge is 2.64. The lowest BCUT2D eigenvalue weighted by Gasteiger charge is -2.58. The van der Waals surface area contributed by atoms with Crippen molar-refractivity contribution >= 4 is 29.8 Å². The number of hydrogen-bond donors (Lipinski definition) is 1. The molecule has 5 rings (SSSR count). The number of nitrogens with zero attached hydrogens (tertiary/aromatic N) is 1. The second-order valence-electron chi connectivity index (χ2n) is 14.3.